The number of hydrogen-bond donors (Lipinski definition) is 1. The molecule has 166 valence electrons. The third-order valence-corrected chi connectivity index (χ3v) is 6.73. The van der Waals surface area contributed by atoms with Gasteiger partial charge in [0.15, 0.2) is 10.9 Å². The molecular weight excluding hydrogens is 456 g/mol. The van der Waals surface area contributed by atoms with E-state index >= 15 is 0 Å². The van der Waals surface area contributed by atoms with Crippen LogP contribution in [0.15, 0.2) is 67.5 Å². The second-order valence-corrected chi connectivity index (χ2v) is 9.19. The van der Waals surface area contributed by atoms with Crippen molar-refractivity contribution in [2.24, 2.45) is 0 Å². The number of fused-ring (bicyclic) bond motifs is 1. The van der Waals surface area contributed by atoms with E-state index in [9.17, 15) is 4.79 Å². The summed E-state index contributed by atoms with van der Waals surface area (Å²) in [6, 6.07) is 11.7. The number of rotatable bonds is 8. The number of benzene rings is 2. The van der Waals surface area contributed by atoms with Crippen molar-refractivity contribution in [2.75, 3.05) is 5.32 Å². The molecule has 1 N–H and O–H groups in total. The third-order valence-electron chi connectivity index (χ3n) is 5.42. The lowest BCUT2D eigenvalue weighted by Gasteiger charge is -2.06. The van der Waals surface area contributed by atoms with Crippen molar-refractivity contribution < 1.29 is 4.79 Å². The number of nitrogens with one attached hydrogen (secondary N) is 1. The van der Waals surface area contributed by atoms with E-state index in [1.54, 1.807) is 18.7 Å². The van der Waals surface area contributed by atoms with E-state index in [-0.39, 0.29) is 12.2 Å². The van der Waals surface area contributed by atoms with E-state index in [1.165, 1.54) is 11.3 Å². The summed E-state index contributed by atoms with van der Waals surface area (Å²) in [5, 5.41) is 10.3. The molecule has 0 atom stereocenters. The zero-order valence-corrected chi connectivity index (χ0v) is 19.5. The van der Waals surface area contributed by atoms with Crippen LogP contribution in [0, 0.1) is 6.92 Å². The summed E-state index contributed by atoms with van der Waals surface area (Å²) >= 11 is 7.62. The fraction of sp³-hybridized carbons (Fsp3) is 0.167. The monoisotopic (exact) mass is 476 g/mol. The fourth-order valence-electron chi connectivity index (χ4n) is 3.62. The minimum absolute atomic E-state index is 0.00355. The van der Waals surface area contributed by atoms with Crippen LogP contribution in [0.4, 0.5) is 10.8 Å². The predicted molar refractivity (Wildman–Crippen MR) is 132 cm³/mol. The number of ketones is 1. The van der Waals surface area contributed by atoms with Crippen LogP contribution in [0.1, 0.15) is 20.8 Å². The van der Waals surface area contributed by atoms with Gasteiger partial charge in [0.25, 0.3) is 0 Å². The normalized spacial score (nSPS) is 11.2. The van der Waals surface area contributed by atoms with Crippen LogP contribution >= 0.6 is 22.9 Å². The number of carbonyl (C=O) groups excluding carboxylic acids is 1. The molecule has 0 fully saturated rings. The number of halogens is 1. The van der Waals surface area contributed by atoms with Crippen LogP contribution < -0.4 is 5.32 Å². The van der Waals surface area contributed by atoms with Crippen LogP contribution in [0.3, 0.4) is 0 Å². The SMILES string of the molecule is Cc1cccc(Cl)c1CC(=O)c1cnc(Nc2ccc3cn(CCn4ccnc4)nc3c2)s1. The van der Waals surface area contributed by atoms with E-state index < -0.39 is 0 Å². The van der Waals surface area contributed by atoms with Crippen LogP contribution in [-0.4, -0.2) is 30.1 Å². The summed E-state index contributed by atoms with van der Waals surface area (Å²) in [5.41, 5.74) is 3.64. The highest BCUT2D eigenvalue weighted by Crippen LogP contribution is 2.27. The lowest BCUT2D eigenvalue weighted by molar-refractivity contribution is 0.0996. The molecule has 33 heavy (non-hydrogen) atoms. The van der Waals surface area contributed by atoms with Crippen molar-refractivity contribution in [2.45, 2.75) is 26.4 Å². The zero-order chi connectivity index (χ0) is 22.8. The molecule has 0 amide bonds. The second kappa shape index (κ2) is 9.17. The molecule has 0 aliphatic heterocycles. The van der Waals surface area contributed by atoms with E-state index in [1.807, 2.05) is 65.0 Å². The predicted octanol–water partition coefficient (Wildman–Crippen LogP) is 5.52. The first kappa shape index (κ1) is 21.4. The molecule has 5 aromatic rings. The highest BCUT2D eigenvalue weighted by molar-refractivity contribution is 7.17. The Hall–Kier alpha value is -3.49. The Labute approximate surface area is 199 Å². The molecule has 0 bridgehead atoms. The first-order valence-electron chi connectivity index (χ1n) is 10.5. The van der Waals surface area contributed by atoms with E-state index in [4.69, 9.17) is 11.6 Å². The van der Waals surface area contributed by atoms with Crippen molar-refractivity contribution in [3.8, 4) is 0 Å². The number of carbonyl (C=O) groups is 1. The maximum absolute atomic E-state index is 12.8. The van der Waals surface area contributed by atoms with Gasteiger partial charge in [0.05, 0.1) is 29.5 Å². The van der Waals surface area contributed by atoms with Gasteiger partial charge in [-0.3, -0.25) is 9.48 Å². The van der Waals surface area contributed by atoms with Crippen molar-refractivity contribution >= 4 is 50.4 Å². The molecule has 0 saturated carbocycles. The third kappa shape index (κ3) is 4.81. The molecule has 2 aromatic carbocycles. The van der Waals surface area contributed by atoms with Crippen LogP contribution in [-0.2, 0) is 19.5 Å². The topological polar surface area (TPSA) is 77.6 Å². The lowest BCUT2D eigenvalue weighted by atomic mass is 10.0. The molecule has 0 unspecified atom stereocenters. The minimum Gasteiger partial charge on any atom is -0.336 e. The van der Waals surface area contributed by atoms with Gasteiger partial charge in [-0.15, -0.1) is 0 Å². The Kier molecular flexibility index (Phi) is 5.93. The lowest BCUT2D eigenvalue weighted by Crippen LogP contribution is -2.06. The van der Waals surface area contributed by atoms with Crippen molar-refractivity contribution in [1.29, 1.82) is 0 Å². The average Bonchev–Trinajstić information content (AvgIpc) is 3.55. The van der Waals surface area contributed by atoms with Gasteiger partial charge >= 0.3 is 0 Å². The van der Waals surface area contributed by atoms with E-state index in [0.29, 0.717) is 15.0 Å². The Bertz CT molecular complexity index is 1400. The van der Waals surface area contributed by atoms with Gasteiger partial charge in [-0.05, 0) is 42.3 Å². The Balaban J connectivity index is 1.26. The summed E-state index contributed by atoms with van der Waals surface area (Å²) in [6.45, 7) is 3.53. The molecule has 3 heterocycles. The molecule has 0 radical (unpaired) electrons. The number of aryl methyl sites for hydroxylation is 3. The van der Waals surface area contributed by atoms with E-state index in [0.717, 1.165) is 40.8 Å². The van der Waals surface area contributed by atoms with Crippen molar-refractivity contribution in [1.82, 2.24) is 24.3 Å². The Morgan fingerprint density at radius 3 is 2.94 bits per heavy atom. The minimum atomic E-state index is 0.00355. The van der Waals surface area contributed by atoms with Crippen LogP contribution in [0.2, 0.25) is 5.02 Å². The summed E-state index contributed by atoms with van der Waals surface area (Å²) in [5.74, 6) is 0.00355. The maximum Gasteiger partial charge on any atom is 0.187 e. The highest BCUT2D eigenvalue weighted by atomic mass is 35.5. The molecule has 5 rings (SSSR count). The first-order valence-corrected chi connectivity index (χ1v) is 11.7. The molecule has 7 nitrogen and oxygen atoms in total. The standard InChI is InChI=1S/C24H21ClN6OS/c1-16-3-2-4-20(25)19(16)12-22(32)23-13-27-24(33-23)28-18-6-5-17-14-31(29-21(17)11-18)10-9-30-8-7-26-15-30/h2-8,11,13-15H,9-10,12H2,1H3,(H,27,28). The fourth-order valence-corrected chi connectivity index (χ4v) is 4.68. The molecule has 0 spiro atoms. The van der Waals surface area contributed by atoms with Gasteiger partial charge in [0.1, 0.15) is 0 Å². The maximum atomic E-state index is 12.8. The largest absolute Gasteiger partial charge is 0.336 e. The zero-order valence-electron chi connectivity index (χ0n) is 17.9. The molecule has 0 saturated heterocycles. The Morgan fingerprint density at radius 2 is 2.12 bits per heavy atom. The quantitative estimate of drug-likeness (QED) is 0.298. The summed E-state index contributed by atoms with van der Waals surface area (Å²) in [4.78, 5) is 21.8. The Morgan fingerprint density at radius 1 is 1.21 bits per heavy atom. The average molecular weight is 477 g/mol. The van der Waals surface area contributed by atoms with Gasteiger partial charge in [-0.25, -0.2) is 9.97 Å². The molecule has 0 aliphatic rings. The first-order chi connectivity index (χ1) is 16.0. The van der Waals surface area contributed by atoms with Crippen molar-refractivity contribution in [3.63, 3.8) is 0 Å². The second-order valence-electron chi connectivity index (χ2n) is 7.76. The molecule has 0 aliphatic carbocycles. The number of thiazole rings is 1. The number of imidazole rings is 1. The van der Waals surface area contributed by atoms with Gasteiger partial charge in [0.2, 0.25) is 0 Å². The molecule has 9 heteroatoms. The van der Waals surface area contributed by atoms with Gasteiger partial charge in [-0.2, -0.15) is 5.10 Å². The van der Waals surface area contributed by atoms with Gasteiger partial charge < -0.3 is 9.88 Å². The number of anilines is 2. The summed E-state index contributed by atoms with van der Waals surface area (Å²) < 4.78 is 3.96. The molecular formula is C24H21ClN6OS. The van der Waals surface area contributed by atoms with Crippen LogP contribution in [0.5, 0.6) is 0 Å². The van der Waals surface area contributed by atoms with Crippen molar-refractivity contribution in [3.05, 3.63) is 88.5 Å². The van der Waals surface area contributed by atoms with Gasteiger partial charge in [0, 0.05) is 47.7 Å². The molecule has 3 aromatic heterocycles. The summed E-state index contributed by atoms with van der Waals surface area (Å²) in [7, 11) is 0. The van der Waals surface area contributed by atoms with Gasteiger partial charge in [-0.1, -0.05) is 35.1 Å². The highest BCUT2D eigenvalue weighted by Gasteiger charge is 2.15. The smallest absolute Gasteiger partial charge is 0.187 e. The van der Waals surface area contributed by atoms with Crippen LogP contribution in [0.25, 0.3) is 10.9 Å². The number of Topliss-reactive ketones (excluding diaryl/α,β-unsaturated/α-hetero) is 1. The number of nitrogens with zero attached hydrogens (tertiary/aromatic N) is 5. The number of hydrogen-bond acceptors (Lipinski definition) is 6. The number of aromatic nitrogens is 5. The van der Waals surface area contributed by atoms with E-state index in [2.05, 4.69) is 20.4 Å². The summed E-state index contributed by atoms with van der Waals surface area (Å²) in [6.07, 6.45) is 9.42.